The van der Waals surface area contributed by atoms with Crippen LogP contribution in [0.5, 0.6) is 0 Å². The molecule has 0 radical (unpaired) electrons. The summed E-state index contributed by atoms with van der Waals surface area (Å²) in [5.41, 5.74) is 0. The van der Waals surface area contributed by atoms with Crippen molar-refractivity contribution in [1.29, 1.82) is 0 Å². The van der Waals surface area contributed by atoms with Gasteiger partial charge in [-0.1, -0.05) is 6.08 Å². The fraction of sp³-hybridized carbons (Fsp3) is 0.769. The fourth-order valence-electron chi connectivity index (χ4n) is 1.93. The van der Waals surface area contributed by atoms with Crippen LogP contribution in [0.3, 0.4) is 0 Å². The normalized spacial score (nSPS) is 19.7. The molecule has 18 heavy (non-hydrogen) atoms. The van der Waals surface area contributed by atoms with Crippen LogP contribution < -0.4 is 5.32 Å². The van der Waals surface area contributed by atoms with Gasteiger partial charge in [0, 0.05) is 48.7 Å². The van der Waals surface area contributed by atoms with Gasteiger partial charge in [-0.05, 0) is 13.8 Å². The molecule has 0 atom stereocenters. The minimum Gasteiger partial charge on any atom is -0.355 e. The first-order valence-corrected chi connectivity index (χ1v) is 8.51. The monoisotopic (exact) mass is 287 g/mol. The van der Waals surface area contributed by atoms with Crippen LogP contribution in [0.25, 0.3) is 0 Å². The Balaban J connectivity index is 2.34. The van der Waals surface area contributed by atoms with Crippen molar-refractivity contribution >= 4 is 29.5 Å². The molecule has 0 aliphatic carbocycles. The first kappa shape index (κ1) is 15.8. The fourth-order valence-corrected chi connectivity index (χ4v) is 3.62. The van der Waals surface area contributed by atoms with Crippen LogP contribution in [0.15, 0.2) is 17.6 Å². The molecule has 0 saturated carbocycles. The molecule has 1 aliphatic rings. The van der Waals surface area contributed by atoms with Crippen LogP contribution in [0.2, 0.25) is 0 Å². The van der Waals surface area contributed by atoms with E-state index in [0.717, 1.165) is 37.1 Å². The summed E-state index contributed by atoms with van der Waals surface area (Å²) in [5, 5.41) is 3.45. The molecule has 1 heterocycles. The molecule has 104 valence electrons. The van der Waals surface area contributed by atoms with Crippen LogP contribution in [0.4, 0.5) is 0 Å². The van der Waals surface area contributed by atoms with Gasteiger partial charge in [0.1, 0.15) is 0 Å². The Morgan fingerprint density at radius 3 is 3.00 bits per heavy atom. The lowest BCUT2D eigenvalue weighted by atomic mass is 10.2. The van der Waals surface area contributed by atoms with Gasteiger partial charge >= 0.3 is 0 Å². The number of hydrogen-bond acceptors (Lipinski definition) is 3. The van der Waals surface area contributed by atoms with Crippen LogP contribution in [0.1, 0.15) is 13.8 Å². The third kappa shape index (κ3) is 5.57. The van der Waals surface area contributed by atoms with E-state index < -0.39 is 0 Å². The lowest BCUT2D eigenvalue weighted by Gasteiger charge is -2.39. The zero-order valence-corrected chi connectivity index (χ0v) is 13.4. The number of guanidine groups is 1. The molecule has 1 aliphatic heterocycles. The lowest BCUT2D eigenvalue weighted by Crippen LogP contribution is -2.51. The average Bonchev–Trinajstić information content (AvgIpc) is 2.32. The van der Waals surface area contributed by atoms with Crippen molar-refractivity contribution in [2.75, 3.05) is 43.9 Å². The Morgan fingerprint density at radius 2 is 2.39 bits per heavy atom. The minimum atomic E-state index is 0.327. The molecule has 1 rings (SSSR count). The third-order valence-corrected chi connectivity index (χ3v) is 4.96. The van der Waals surface area contributed by atoms with Gasteiger partial charge in [-0.3, -0.25) is 4.99 Å². The second-order valence-electron chi connectivity index (χ2n) is 4.87. The van der Waals surface area contributed by atoms with E-state index in [1.165, 1.54) is 5.75 Å². The highest BCUT2D eigenvalue weighted by molar-refractivity contribution is 8.00. The second kappa shape index (κ2) is 8.00. The van der Waals surface area contributed by atoms with Gasteiger partial charge < -0.3 is 10.2 Å². The molecular formula is C13H25N3S2. The van der Waals surface area contributed by atoms with Crippen molar-refractivity contribution in [3.63, 3.8) is 0 Å². The summed E-state index contributed by atoms with van der Waals surface area (Å²) in [6.07, 6.45) is 1.95. The zero-order valence-electron chi connectivity index (χ0n) is 11.7. The maximum Gasteiger partial charge on any atom is 0.193 e. The number of aliphatic imine (C=N–C) groups is 1. The van der Waals surface area contributed by atoms with E-state index in [1.807, 2.05) is 36.6 Å². The maximum atomic E-state index is 4.39. The lowest BCUT2D eigenvalue weighted by molar-refractivity contribution is 0.377. The third-order valence-electron chi connectivity index (χ3n) is 2.70. The van der Waals surface area contributed by atoms with Gasteiger partial charge in [0.2, 0.25) is 0 Å². The largest absolute Gasteiger partial charge is 0.355 e. The van der Waals surface area contributed by atoms with Gasteiger partial charge in [0.05, 0.1) is 0 Å². The van der Waals surface area contributed by atoms with E-state index in [4.69, 9.17) is 0 Å². The molecule has 0 aromatic rings. The summed E-state index contributed by atoms with van der Waals surface area (Å²) < 4.78 is 0.327. The van der Waals surface area contributed by atoms with Crippen LogP contribution >= 0.6 is 23.5 Å². The standard InChI is InChI=1S/C13H25N3S2/c1-5-8-17-9-6-15-12(14-4)16-7-10-18-13(2,3)11-16/h5H,1,6-11H2,2-4H3,(H,14,15). The Labute approximate surface area is 120 Å². The molecule has 5 heteroatoms. The summed E-state index contributed by atoms with van der Waals surface area (Å²) in [6.45, 7) is 11.5. The number of nitrogens with one attached hydrogen (secondary N) is 1. The number of nitrogens with zero attached hydrogens (tertiary/aromatic N) is 2. The van der Waals surface area contributed by atoms with E-state index in [1.54, 1.807) is 0 Å². The summed E-state index contributed by atoms with van der Waals surface area (Å²) in [5.74, 6) is 4.34. The molecule has 3 nitrogen and oxygen atoms in total. The second-order valence-corrected chi connectivity index (χ2v) is 7.82. The summed E-state index contributed by atoms with van der Waals surface area (Å²) >= 11 is 3.94. The molecule has 1 fully saturated rings. The van der Waals surface area contributed by atoms with E-state index in [0.29, 0.717) is 4.75 Å². The summed E-state index contributed by atoms with van der Waals surface area (Å²) in [6, 6.07) is 0. The topological polar surface area (TPSA) is 27.6 Å². The Kier molecular flexibility index (Phi) is 7.00. The van der Waals surface area contributed by atoms with Crippen molar-refractivity contribution in [3.05, 3.63) is 12.7 Å². The van der Waals surface area contributed by atoms with Crippen LogP contribution in [0, 0.1) is 0 Å². The van der Waals surface area contributed by atoms with Crippen LogP contribution in [-0.4, -0.2) is 59.5 Å². The quantitative estimate of drug-likeness (QED) is 0.363. The maximum absolute atomic E-state index is 4.39. The Morgan fingerprint density at radius 1 is 1.61 bits per heavy atom. The van der Waals surface area contributed by atoms with E-state index in [9.17, 15) is 0 Å². The van der Waals surface area contributed by atoms with E-state index >= 15 is 0 Å². The first-order valence-electron chi connectivity index (χ1n) is 6.37. The molecule has 0 bridgehead atoms. The molecular weight excluding hydrogens is 262 g/mol. The highest BCUT2D eigenvalue weighted by Gasteiger charge is 2.28. The molecule has 0 unspecified atom stereocenters. The van der Waals surface area contributed by atoms with Gasteiger partial charge in [-0.2, -0.15) is 23.5 Å². The Bertz CT molecular complexity index is 290. The van der Waals surface area contributed by atoms with E-state index in [-0.39, 0.29) is 0 Å². The average molecular weight is 287 g/mol. The first-order chi connectivity index (χ1) is 8.59. The van der Waals surface area contributed by atoms with Gasteiger partial charge in [0.15, 0.2) is 5.96 Å². The number of thioether (sulfide) groups is 2. The van der Waals surface area contributed by atoms with Gasteiger partial charge in [-0.15, -0.1) is 6.58 Å². The SMILES string of the molecule is C=CCSCCNC(=NC)N1CCSC(C)(C)C1. The van der Waals surface area contributed by atoms with Crippen molar-refractivity contribution < 1.29 is 0 Å². The van der Waals surface area contributed by atoms with Crippen molar-refractivity contribution in [2.24, 2.45) is 4.99 Å². The summed E-state index contributed by atoms with van der Waals surface area (Å²) in [7, 11) is 1.87. The van der Waals surface area contributed by atoms with Crippen molar-refractivity contribution in [1.82, 2.24) is 10.2 Å². The smallest absolute Gasteiger partial charge is 0.193 e. The van der Waals surface area contributed by atoms with E-state index in [2.05, 4.69) is 35.6 Å². The predicted molar refractivity (Wildman–Crippen MR) is 87.0 cm³/mol. The summed E-state index contributed by atoms with van der Waals surface area (Å²) in [4.78, 5) is 6.76. The van der Waals surface area contributed by atoms with Gasteiger partial charge in [0.25, 0.3) is 0 Å². The van der Waals surface area contributed by atoms with Crippen LogP contribution in [-0.2, 0) is 0 Å². The molecule has 1 saturated heterocycles. The van der Waals surface area contributed by atoms with Gasteiger partial charge in [-0.25, -0.2) is 0 Å². The van der Waals surface area contributed by atoms with Crippen molar-refractivity contribution in [2.45, 2.75) is 18.6 Å². The minimum absolute atomic E-state index is 0.327. The molecule has 0 spiro atoms. The predicted octanol–water partition coefficient (Wildman–Crippen LogP) is 2.31. The molecule has 0 aromatic heterocycles. The number of rotatable bonds is 5. The number of hydrogen-bond donors (Lipinski definition) is 1. The zero-order chi connectivity index (χ0) is 13.4. The highest BCUT2D eigenvalue weighted by Crippen LogP contribution is 2.29. The Hall–Kier alpha value is -0.290. The molecule has 0 aromatic carbocycles. The van der Waals surface area contributed by atoms with Crippen molar-refractivity contribution in [3.8, 4) is 0 Å². The molecule has 1 N–H and O–H groups in total. The molecule has 0 amide bonds. The highest BCUT2D eigenvalue weighted by atomic mass is 32.2.